The zero-order valence-electron chi connectivity index (χ0n) is 13.3. The third kappa shape index (κ3) is 12.4. The maximum atomic E-state index is 3.58. The molecule has 18 heavy (non-hydrogen) atoms. The van der Waals surface area contributed by atoms with Crippen molar-refractivity contribution < 1.29 is 0 Å². The number of rotatable bonds is 13. The van der Waals surface area contributed by atoms with Gasteiger partial charge >= 0.3 is 0 Å². The Morgan fingerprint density at radius 1 is 0.833 bits per heavy atom. The summed E-state index contributed by atoms with van der Waals surface area (Å²) in [7, 11) is 0. The van der Waals surface area contributed by atoms with E-state index >= 15 is 0 Å². The van der Waals surface area contributed by atoms with Crippen LogP contribution in [0.5, 0.6) is 0 Å². The van der Waals surface area contributed by atoms with Gasteiger partial charge in [0.1, 0.15) is 0 Å². The Kier molecular flexibility index (Phi) is 13.3. The van der Waals surface area contributed by atoms with Crippen molar-refractivity contribution in [1.82, 2.24) is 10.2 Å². The van der Waals surface area contributed by atoms with Crippen LogP contribution < -0.4 is 5.32 Å². The lowest BCUT2D eigenvalue weighted by Crippen LogP contribution is -2.34. The topological polar surface area (TPSA) is 15.3 Å². The van der Waals surface area contributed by atoms with Crippen LogP contribution in [0.25, 0.3) is 0 Å². The minimum absolute atomic E-state index is 0.845. The lowest BCUT2D eigenvalue weighted by atomic mass is 10.1. The van der Waals surface area contributed by atoms with E-state index in [4.69, 9.17) is 0 Å². The summed E-state index contributed by atoms with van der Waals surface area (Å²) in [6, 6.07) is 0. The molecule has 2 nitrogen and oxygen atoms in total. The molecule has 110 valence electrons. The first-order valence-electron chi connectivity index (χ1n) is 8.13. The normalized spacial score (nSPS) is 11.7. The van der Waals surface area contributed by atoms with E-state index in [0.29, 0.717) is 0 Å². The van der Waals surface area contributed by atoms with Crippen molar-refractivity contribution in [3.63, 3.8) is 0 Å². The highest BCUT2D eigenvalue weighted by molar-refractivity contribution is 4.60. The maximum Gasteiger partial charge on any atom is 0.0107 e. The highest BCUT2D eigenvalue weighted by atomic mass is 15.1. The number of hydrogen-bond donors (Lipinski definition) is 1. The van der Waals surface area contributed by atoms with Crippen molar-refractivity contribution in [2.75, 3.05) is 32.7 Å². The van der Waals surface area contributed by atoms with Gasteiger partial charge in [-0.25, -0.2) is 0 Å². The molecule has 0 unspecified atom stereocenters. The lowest BCUT2D eigenvalue weighted by molar-refractivity contribution is 0.264. The van der Waals surface area contributed by atoms with E-state index in [0.717, 1.165) is 12.5 Å². The van der Waals surface area contributed by atoms with E-state index in [9.17, 15) is 0 Å². The van der Waals surface area contributed by atoms with Gasteiger partial charge < -0.3 is 10.2 Å². The second kappa shape index (κ2) is 13.4. The molecular formula is C16H36N2. The number of nitrogens with one attached hydrogen (secondary N) is 1. The predicted octanol–water partition coefficient (Wildman–Crippen LogP) is 3.91. The van der Waals surface area contributed by atoms with Crippen LogP contribution in [0, 0.1) is 5.92 Å². The van der Waals surface area contributed by atoms with Crippen molar-refractivity contribution in [3.05, 3.63) is 0 Å². The molecule has 0 rings (SSSR count). The molecule has 0 amide bonds. The minimum Gasteiger partial charge on any atom is -0.315 e. The molecule has 0 aliphatic heterocycles. The van der Waals surface area contributed by atoms with Crippen LogP contribution in [-0.4, -0.2) is 37.6 Å². The van der Waals surface area contributed by atoms with Crippen LogP contribution in [0.3, 0.4) is 0 Å². The van der Waals surface area contributed by atoms with Gasteiger partial charge in [0.15, 0.2) is 0 Å². The van der Waals surface area contributed by atoms with E-state index in [1.807, 2.05) is 0 Å². The first-order chi connectivity index (χ1) is 8.70. The monoisotopic (exact) mass is 256 g/mol. The van der Waals surface area contributed by atoms with Crippen LogP contribution in [0.15, 0.2) is 0 Å². The molecule has 0 aliphatic rings. The summed E-state index contributed by atoms with van der Waals surface area (Å²) in [5.41, 5.74) is 0. The Morgan fingerprint density at radius 3 is 1.94 bits per heavy atom. The number of hydrogen-bond acceptors (Lipinski definition) is 2. The maximum absolute atomic E-state index is 3.58. The molecule has 0 aromatic rings. The molecule has 0 radical (unpaired) electrons. The Labute approximate surface area is 116 Å². The third-order valence-electron chi connectivity index (χ3n) is 3.40. The molecule has 0 aromatic carbocycles. The van der Waals surface area contributed by atoms with Crippen LogP contribution in [-0.2, 0) is 0 Å². The summed E-state index contributed by atoms with van der Waals surface area (Å²) in [4.78, 5) is 2.63. The average Bonchev–Trinajstić information content (AvgIpc) is 2.35. The molecule has 2 heteroatoms. The zero-order valence-corrected chi connectivity index (χ0v) is 13.3. The van der Waals surface area contributed by atoms with Gasteiger partial charge in [-0.15, -0.1) is 0 Å². The quantitative estimate of drug-likeness (QED) is 0.503. The van der Waals surface area contributed by atoms with Gasteiger partial charge in [-0.2, -0.15) is 0 Å². The van der Waals surface area contributed by atoms with Gasteiger partial charge in [0.05, 0.1) is 0 Å². The molecule has 0 aliphatic carbocycles. The lowest BCUT2D eigenvalue weighted by Gasteiger charge is -2.22. The first-order valence-corrected chi connectivity index (χ1v) is 8.13. The molecular weight excluding hydrogens is 220 g/mol. The summed E-state index contributed by atoms with van der Waals surface area (Å²) in [5.74, 6) is 0.845. The van der Waals surface area contributed by atoms with E-state index in [1.54, 1.807) is 0 Å². The molecule has 1 N–H and O–H groups in total. The van der Waals surface area contributed by atoms with Crippen molar-refractivity contribution in [2.45, 2.75) is 66.2 Å². The zero-order chi connectivity index (χ0) is 13.6. The molecule has 0 atom stereocenters. The van der Waals surface area contributed by atoms with Crippen molar-refractivity contribution in [2.24, 2.45) is 5.92 Å². The Morgan fingerprint density at radius 2 is 1.44 bits per heavy atom. The SMILES string of the molecule is CCCCN(CCCC)CCNCCCC(C)C. The largest absolute Gasteiger partial charge is 0.315 e. The third-order valence-corrected chi connectivity index (χ3v) is 3.40. The minimum atomic E-state index is 0.845. The van der Waals surface area contributed by atoms with Crippen LogP contribution in [0.4, 0.5) is 0 Å². The van der Waals surface area contributed by atoms with Crippen LogP contribution in [0.1, 0.15) is 66.2 Å². The summed E-state index contributed by atoms with van der Waals surface area (Å²) in [6.45, 7) is 15.3. The summed E-state index contributed by atoms with van der Waals surface area (Å²) >= 11 is 0. The Balaban J connectivity index is 3.49. The number of unbranched alkanes of at least 4 members (excludes halogenated alkanes) is 2. The van der Waals surface area contributed by atoms with Crippen LogP contribution >= 0.6 is 0 Å². The van der Waals surface area contributed by atoms with Crippen molar-refractivity contribution in [3.8, 4) is 0 Å². The first kappa shape index (κ1) is 17.9. The van der Waals surface area contributed by atoms with Crippen molar-refractivity contribution in [1.29, 1.82) is 0 Å². The fourth-order valence-corrected chi connectivity index (χ4v) is 2.10. The fourth-order valence-electron chi connectivity index (χ4n) is 2.10. The van der Waals surface area contributed by atoms with Crippen LogP contribution in [0.2, 0.25) is 0 Å². The fraction of sp³-hybridized carbons (Fsp3) is 1.00. The summed E-state index contributed by atoms with van der Waals surface area (Å²) in [6.07, 6.45) is 7.98. The molecule has 0 heterocycles. The van der Waals surface area contributed by atoms with Gasteiger partial charge in [0.2, 0.25) is 0 Å². The predicted molar refractivity (Wildman–Crippen MR) is 83.2 cm³/mol. The Bertz CT molecular complexity index is 149. The Hall–Kier alpha value is -0.0800. The van der Waals surface area contributed by atoms with Gasteiger partial charge in [-0.1, -0.05) is 40.5 Å². The summed E-state index contributed by atoms with van der Waals surface area (Å²) in [5, 5.41) is 3.58. The van der Waals surface area contributed by atoms with Gasteiger partial charge in [0, 0.05) is 13.1 Å². The second-order valence-corrected chi connectivity index (χ2v) is 5.83. The highest BCUT2D eigenvalue weighted by Gasteiger charge is 2.03. The average molecular weight is 256 g/mol. The molecule has 0 saturated carbocycles. The highest BCUT2D eigenvalue weighted by Crippen LogP contribution is 2.02. The second-order valence-electron chi connectivity index (χ2n) is 5.83. The number of nitrogens with zero attached hydrogens (tertiary/aromatic N) is 1. The van der Waals surface area contributed by atoms with E-state index < -0.39 is 0 Å². The molecule has 0 bridgehead atoms. The molecule has 0 spiro atoms. The van der Waals surface area contributed by atoms with E-state index in [1.165, 1.54) is 64.7 Å². The summed E-state index contributed by atoms with van der Waals surface area (Å²) < 4.78 is 0. The molecule has 0 aromatic heterocycles. The smallest absolute Gasteiger partial charge is 0.0107 e. The van der Waals surface area contributed by atoms with Gasteiger partial charge in [0.25, 0.3) is 0 Å². The van der Waals surface area contributed by atoms with E-state index in [-0.39, 0.29) is 0 Å². The van der Waals surface area contributed by atoms with Gasteiger partial charge in [-0.05, 0) is 51.2 Å². The van der Waals surface area contributed by atoms with Gasteiger partial charge in [-0.3, -0.25) is 0 Å². The van der Waals surface area contributed by atoms with Crippen molar-refractivity contribution >= 4 is 0 Å². The van der Waals surface area contributed by atoms with E-state index in [2.05, 4.69) is 37.9 Å². The molecule has 0 saturated heterocycles. The molecule has 0 fully saturated rings. The standard InChI is InChI=1S/C16H36N2/c1-5-7-13-18(14-8-6-2)15-12-17-11-9-10-16(3)4/h16-17H,5-15H2,1-4H3.